The predicted molar refractivity (Wildman–Crippen MR) is 109 cm³/mol. The Kier molecular flexibility index (Phi) is 5.26. The molecule has 4 nitrogen and oxygen atoms in total. The SMILES string of the molecule is COc1ccc(CN2CC(c3ccccn3)C=N2)c(F)c1-c1cccc(Cl)c1. The minimum Gasteiger partial charge on any atom is -0.496 e. The van der Waals surface area contributed by atoms with Crippen molar-refractivity contribution < 1.29 is 9.13 Å². The van der Waals surface area contributed by atoms with Crippen molar-refractivity contribution in [2.45, 2.75) is 12.5 Å². The lowest BCUT2D eigenvalue weighted by molar-refractivity contribution is 0.296. The Bertz CT molecular complexity index is 1010. The Morgan fingerprint density at radius 1 is 1.18 bits per heavy atom. The van der Waals surface area contributed by atoms with Crippen molar-refractivity contribution >= 4 is 17.8 Å². The van der Waals surface area contributed by atoms with Crippen molar-refractivity contribution in [3.63, 3.8) is 0 Å². The Labute approximate surface area is 168 Å². The quantitative estimate of drug-likeness (QED) is 0.600. The van der Waals surface area contributed by atoms with E-state index in [9.17, 15) is 0 Å². The summed E-state index contributed by atoms with van der Waals surface area (Å²) >= 11 is 6.10. The van der Waals surface area contributed by atoms with Crippen LogP contribution in [0.4, 0.5) is 4.39 Å². The molecule has 0 saturated carbocycles. The van der Waals surface area contributed by atoms with Crippen LogP contribution < -0.4 is 4.74 Å². The Morgan fingerprint density at radius 2 is 2.07 bits per heavy atom. The third-order valence-corrected chi connectivity index (χ3v) is 4.99. The second-order valence-electron chi connectivity index (χ2n) is 6.60. The lowest BCUT2D eigenvalue weighted by Gasteiger charge is -2.19. The summed E-state index contributed by atoms with van der Waals surface area (Å²) in [5, 5.41) is 6.84. The zero-order chi connectivity index (χ0) is 19.5. The van der Waals surface area contributed by atoms with Gasteiger partial charge in [-0.25, -0.2) is 4.39 Å². The molecule has 4 rings (SSSR count). The summed E-state index contributed by atoms with van der Waals surface area (Å²) in [6, 6.07) is 16.5. The van der Waals surface area contributed by atoms with E-state index in [-0.39, 0.29) is 11.7 Å². The summed E-state index contributed by atoms with van der Waals surface area (Å²) in [7, 11) is 1.53. The van der Waals surface area contributed by atoms with Gasteiger partial charge in [-0.3, -0.25) is 9.99 Å². The minimum atomic E-state index is -0.321. The van der Waals surface area contributed by atoms with Gasteiger partial charge in [0.25, 0.3) is 0 Å². The summed E-state index contributed by atoms with van der Waals surface area (Å²) in [5.74, 6) is 0.257. The molecule has 2 heterocycles. The first-order chi connectivity index (χ1) is 13.7. The molecule has 0 fully saturated rings. The van der Waals surface area contributed by atoms with Gasteiger partial charge in [0.2, 0.25) is 0 Å². The predicted octanol–water partition coefficient (Wildman–Crippen LogP) is 5.13. The van der Waals surface area contributed by atoms with E-state index < -0.39 is 0 Å². The monoisotopic (exact) mass is 395 g/mol. The molecule has 0 radical (unpaired) electrons. The van der Waals surface area contributed by atoms with Crippen LogP contribution in [0.25, 0.3) is 11.1 Å². The summed E-state index contributed by atoms with van der Waals surface area (Å²) in [5.41, 5.74) is 2.60. The first-order valence-corrected chi connectivity index (χ1v) is 9.35. The van der Waals surface area contributed by atoms with E-state index in [2.05, 4.69) is 10.1 Å². The zero-order valence-electron chi connectivity index (χ0n) is 15.3. The van der Waals surface area contributed by atoms with Crippen molar-refractivity contribution in [2.75, 3.05) is 13.7 Å². The second kappa shape index (κ2) is 7.98. The van der Waals surface area contributed by atoms with Gasteiger partial charge in [0.05, 0.1) is 30.8 Å². The number of aromatic nitrogens is 1. The van der Waals surface area contributed by atoms with Crippen LogP contribution in [0.15, 0.2) is 65.9 Å². The summed E-state index contributed by atoms with van der Waals surface area (Å²) < 4.78 is 20.8. The molecule has 0 bridgehead atoms. The van der Waals surface area contributed by atoms with Crippen LogP contribution in [0.2, 0.25) is 5.02 Å². The van der Waals surface area contributed by atoms with Crippen molar-refractivity contribution in [1.29, 1.82) is 0 Å². The van der Waals surface area contributed by atoms with Crippen LogP contribution in [0.1, 0.15) is 17.2 Å². The zero-order valence-corrected chi connectivity index (χ0v) is 16.1. The molecule has 3 aromatic rings. The number of pyridine rings is 1. The fourth-order valence-electron chi connectivity index (χ4n) is 3.37. The number of ether oxygens (including phenoxy) is 1. The molecular formula is C22H19ClFN3O. The maximum Gasteiger partial charge on any atom is 0.139 e. The summed E-state index contributed by atoms with van der Waals surface area (Å²) in [6.07, 6.45) is 3.63. The van der Waals surface area contributed by atoms with Gasteiger partial charge in [0.15, 0.2) is 0 Å². The van der Waals surface area contributed by atoms with Gasteiger partial charge in [-0.05, 0) is 35.9 Å². The van der Waals surface area contributed by atoms with Crippen LogP contribution >= 0.6 is 11.6 Å². The van der Waals surface area contributed by atoms with Gasteiger partial charge >= 0.3 is 0 Å². The van der Waals surface area contributed by atoms with Gasteiger partial charge in [-0.1, -0.05) is 35.9 Å². The molecule has 28 heavy (non-hydrogen) atoms. The highest BCUT2D eigenvalue weighted by Gasteiger charge is 2.23. The van der Waals surface area contributed by atoms with Crippen LogP contribution in [0, 0.1) is 5.82 Å². The van der Waals surface area contributed by atoms with E-state index in [1.165, 1.54) is 7.11 Å². The Balaban J connectivity index is 1.60. The molecule has 0 amide bonds. The first-order valence-electron chi connectivity index (χ1n) is 8.97. The molecule has 6 heteroatoms. The van der Waals surface area contributed by atoms with Gasteiger partial charge in [0.1, 0.15) is 11.6 Å². The molecule has 1 aliphatic rings. The van der Waals surface area contributed by atoms with Crippen molar-refractivity contribution in [1.82, 2.24) is 9.99 Å². The van der Waals surface area contributed by atoms with Crippen LogP contribution in [0.5, 0.6) is 5.75 Å². The average molecular weight is 396 g/mol. The molecule has 0 aliphatic carbocycles. The molecule has 1 aliphatic heterocycles. The van der Waals surface area contributed by atoms with Gasteiger partial charge < -0.3 is 4.74 Å². The van der Waals surface area contributed by atoms with E-state index >= 15 is 4.39 Å². The third-order valence-electron chi connectivity index (χ3n) is 4.75. The average Bonchev–Trinajstić information content (AvgIpc) is 3.18. The minimum absolute atomic E-state index is 0.106. The number of hydrazone groups is 1. The molecule has 1 atom stereocenters. The molecule has 142 valence electrons. The summed E-state index contributed by atoms with van der Waals surface area (Å²) in [4.78, 5) is 4.38. The topological polar surface area (TPSA) is 37.7 Å². The highest BCUT2D eigenvalue weighted by atomic mass is 35.5. The van der Waals surface area contributed by atoms with Crippen LogP contribution in [0.3, 0.4) is 0 Å². The number of hydrogen-bond donors (Lipinski definition) is 0. The Hall–Kier alpha value is -2.92. The molecule has 2 aromatic carbocycles. The maximum absolute atomic E-state index is 15.4. The fraction of sp³-hybridized carbons (Fsp3) is 0.182. The van der Waals surface area contributed by atoms with Crippen molar-refractivity contribution in [3.05, 3.63) is 82.9 Å². The van der Waals surface area contributed by atoms with Crippen LogP contribution in [-0.4, -0.2) is 29.9 Å². The smallest absolute Gasteiger partial charge is 0.139 e. The van der Waals surface area contributed by atoms with Gasteiger partial charge in [-0.2, -0.15) is 5.10 Å². The molecule has 1 unspecified atom stereocenters. The number of nitrogens with zero attached hydrogens (tertiary/aromatic N) is 3. The highest BCUT2D eigenvalue weighted by molar-refractivity contribution is 6.30. The van der Waals surface area contributed by atoms with E-state index in [0.29, 0.717) is 40.6 Å². The summed E-state index contributed by atoms with van der Waals surface area (Å²) in [6.45, 7) is 1.03. The number of methoxy groups -OCH3 is 1. The number of halogens is 2. The van der Waals surface area contributed by atoms with E-state index in [0.717, 1.165) is 5.69 Å². The second-order valence-corrected chi connectivity index (χ2v) is 7.04. The van der Waals surface area contributed by atoms with E-state index in [4.69, 9.17) is 16.3 Å². The largest absolute Gasteiger partial charge is 0.496 e. The molecule has 0 spiro atoms. The first kappa shape index (κ1) is 18.4. The third kappa shape index (κ3) is 3.71. The maximum atomic E-state index is 15.4. The van der Waals surface area contributed by atoms with Crippen LogP contribution in [-0.2, 0) is 6.54 Å². The van der Waals surface area contributed by atoms with Gasteiger partial charge in [0, 0.05) is 29.5 Å². The number of rotatable bonds is 5. The number of hydrogen-bond acceptors (Lipinski definition) is 4. The van der Waals surface area contributed by atoms with Crippen molar-refractivity contribution in [3.8, 4) is 16.9 Å². The van der Waals surface area contributed by atoms with Crippen molar-refractivity contribution in [2.24, 2.45) is 5.10 Å². The van der Waals surface area contributed by atoms with E-state index in [1.807, 2.05) is 35.5 Å². The lowest BCUT2D eigenvalue weighted by Crippen LogP contribution is -2.18. The van der Waals surface area contributed by atoms with Gasteiger partial charge in [-0.15, -0.1) is 0 Å². The normalized spacial score (nSPS) is 15.8. The molecule has 0 saturated heterocycles. The molecule has 0 N–H and O–H groups in total. The lowest BCUT2D eigenvalue weighted by atomic mass is 10.0. The fourth-order valence-corrected chi connectivity index (χ4v) is 3.56. The Morgan fingerprint density at radius 3 is 2.82 bits per heavy atom. The molecule has 1 aromatic heterocycles. The number of benzene rings is 2. The highest BCUT2D eigenvalue weighted by Crippen LogP contribution is 2.36. The molecular weight excluding hydrogens is 377 g/mol. The standard InChI is InChI=1S/C22H19ClFN3O/c1-28-20-9-8-16(22(24)21(20)15-5-4-6-18(23)11-15)13-27-14-17(12-26-27)19-7-2-3-10-25-19/h2-12,17H,13-14H2,1H3. The van der Waals surface area contributed by atoms with E-state index in [1.54, 1.807) is 36.5 Å².